The van der Waals surface area contributed by atoms with Gasteiger partial charge in [-0.3, -0.25) is 0 Å². The highest BCUT2D eigenvalue weighted by Crippen LogP contribution is 2.63. The molecule has 6 aliphatic rings. The van der Waals surface area contributed by atoms with Gasteiger partial charge in [0.2, 0.25) is 0 Å². The van der Waals surface area contributed by atoms with E-state index in [0.717, 1.165) is 0 Å². The largest absolute Gasteiger partial charge is 0.335 e. The molecule has 0 N–H and O–H groups in total. The number of hydrogen-bond acceptors (Lipinski definition) is 3. The van der Waals surface area contributed by atoms with Gasteiger partial charge in [0.25, 0.3) is 0 Å². The summed E-state index contributed by atoms with van der Waals surface area (Å²) in [7, 11) is 0. The second kappa shape index (κ2) is 17.3. The van der Waals surface area contributed by atoms with Gasteiger partial charge in [0, 0.05) is 68.5 Å². The van der Waals surface area contributed by atoms with E-state index in [0.29, 0.717) is 35.5 Å². The number of para-hydroxylation sites is 3. The molecule has 392 valence electrons. The fraction of sp³-hybridized carbons (Fsp3) is 0.316. The van der Waals surface area contributed by atoms with E-state index < -0.39 is 0 Å². The van der Waals surface area contributed by atoms with Gasteiger partial charge in [0.05, 0.1) is 0 Å². The van der Waals surface area contributed by atoms with Crippen molar-refractivity contribution in [2.75, 3.05) is 14.7 Å². The molecule has 9 atom stereocenters. The Balaban J connectivity index is 0.924. The Labute approximate surface area is 468 Å². The Morgan fingerprint density at radius 2 is 0.684 bits per heavy atom. The molecule has 3 heteroatoms. The number of nitrogens with zero attached hydrogens (tertiary/aromatic N) is 3. The van der Waals surface area contributed by atoms with Crippen LogP contribution >= 0.6 is 0 Å². The number of benzene rings is 10. The summed E-state index contributed by atoms with van der Waals surface area (Å²) in [5, 5.41) is 8.11. The van der Waals surface area contributed by atoms with Gasteiger partial charge in [-0.25, -0.2) is 0 Å². The lowest BCUT2D eigenvalue weighted by atomic mass is 9.67. The third-order valence-electron chi connectivity index (χ3n) is 21.8. The molecule has 3 aliphatic heterocycles. The number of rotatable bonds is 6. The highest BCUT2D eigenvalue weighted by atomic mass is 15.3. The van der Waals surface area contributed by atoms with E-state index in [1.165, 1.54) is 174 Å². The molecule has 3 nitrogen and oxygen atoms in total. The van der Waals surface area contributed by atoms with E-state index in [9.17, 15) is 0 Å². The molecule has 3 fully saturated rings. The Hall–Kier alpha value is -7.36. The molecule has 3 saturated carbocycles. The van der Waals surface area contributed by atoms with Gasteiger partial charge in [-0.15, -0.1) is 0 Å². The molecule has 0 bridgehead atoms. The highest BCUT2D eigenvalue weighted by molar-refractivity contribution is 6.30. The first-order valence-electron chi connectivity index (χ1n) is 30.3. The van der Waals surface area contributed by atoms with Crippen LogP contribution in [0.4, 0.5) is 34.1 Å². The highest BCUT2D eigenvalue weighted by Gasteiger charge is 2.55. The number of hydrogen-bond donors (Lipinski definition) is 0. The minimum absolute atomic E-state index is 0.0119. The van der Waals surface area contributed by atoms with Gasteiger partial charge in [-0.2, -0.15) is 0 Å². The first-order valence-corrected chi connectivity index (χ1v) is 30.3. The van der Waals surface area contributed by atoms with E-state index in [-0.39, 0.29) is 16.6 Å². The summed E-state index contributed by atoms with van der Waals surface area (Å²) in [6.45, 7) is 15.2. The maximum Gasteiger partial charge on any atom is 0.0495 e. The molecule has 0 spiro atoms. The normalized spacial score (nSPS) is 27.7. The smallest absolute Gasteiger partial charge is 0.0495 e. The van der Waals surface area contributed by atoms with Crippen molar-refractivity contribution in [1.29, 1.82) is 0 Å². The van der Waals surface area contributed by atoms with E-state index >= 15 is 0 Å². The first kappa shape index (κ1) is 47.6. The average molecular weight is 1030 g/mol. The Morgan fingerprint density at radius 1 is 0.342 bits per heavy atom. The van der Waals surface area contributed by atoms with Crippen LogP contribution in [0.3, 0.4) is 0 Å². The summed E-state index contributed by atoms with van der Waals surface area (Å²) >= 11 is 0. The summed E-state index contributed by atoms with van der Waals surface area (Å²) in [6, 6.07) is 73.8. The maximum absolute atomic E-state index is 2.72. The quantitative estimate of drug-likeness (QED) is 0.154. The monoisotopic (exact) mass is 1030 g/mol. The summed E-state index contributed by atoms with van der Waals surface area (Å²) in [4.78, 5) is 8.15. The van der Waals surface area contributed by atoms with Crippen molar-refractivity contribution in [2.24, 2.45) is 17.8 Å². The van der Waals surface area contributed by atoms with Gasteiger partial charge in [0.15, 0.2) is 0 Å². The van der Waals surface area contributed by atoms with E-state index in [2.05, 4.69) is 244 Å². The molecular weight excluding hydrogens is 955 g/mol. The molecule has 9 unspecified atom stereocenters. The van der Waals surface area contributed by atoms with Crippen molar-refractivity contribution in [2.45, 2.75) is 134 Å². The summed E-state index contributed by atoms with van der Waals surface area (Å²) in [5.74, 6) is 3.12. The second-order valence-electron chi connectivity index (χ2n) is 26.3. The van der Waals surface area contributed by atoms with Gasteiger partial charge in [-0.1, -0.05) is 149 Å². The van der Waals surface area contributed by atoms with Crippen LogP contribution in [-0.4, -0.2) is 16.6 Å². The van der Waals surface area contributed by atoms with Gasteiger partial charge in [-0.05, 0) is 238 Å². The lowest BCUT2D eigenvalue weighted by Gasteiger charge is -2.46. The van der Waals surface area contributed by atoms with Crippen LogP contribution in [-0.2, 0) is 0 Å². The van der Waals surface area contributed by atoms with Gasteiger partial charge < -0.3 is 14.7 Å². The molecule has 0 radical (unpaired) electrons. The van der Waals surface area contributed by atoms with Gasteiger partial charge >= 0.3 is 0 Å². The van der Waals surface area contributed by atoms with E-state index in [4.69, 9.17) is 0 Å². The van der Waals surface area contributed by atoms with Crippen LogP contribution < -0.4 is 14.7 Å². The van der Waals surface area contributed by atoms with Crippen LogP contribution in [0.25, 0.3) is 65.7 Å². The lowest BCUT2D eigenvalue weighted by Crippen LogP contribution is -2.47. The lowest BCUT2D eigenvalue weighted by molar-refractivity contribution is 0.223. The third kappa shape index (κ3) is 6.65. The summed E-state index contributed by atoms with van der Waals surface area (Å²) in [6.07, 6.45) is 11.2. The molecule has 3 heterocycles. The Kier molecular flexibility index (Phi) is 10.4. The molecule has 0 amide bonds. The number of anilines is 6. The predicted molar refractivity (Wildman–Crippen MR) is 335 cm³/mol. The fourth-order valence-electron chi connectivity index (χ4n) is 18.8. The standard InChI is InChI=1S/C76H73N3/c1-47-19-16-40-74(4)71(47)63-43-51(30-37-66(63)77(74)54-22-10-7-11-23-54)57-33-28-50-29-34-59-61(52-31-38-67-64(44-52)72-48(2)20-17-41-75(72,5)78(67)55-24-12-8-13-25-55)46-62(60-36-35-58(57)69(50)70(59)60)53-32-39-68-65(45-53)73-49(3)21-18-42-76(73,6)79(68)56-26-14-9-15-27-56/h7-15,22-39,43-49,71-73H,16-21,40-42H2,1-6H3. The molecule has 0 saturated heterocycles. The minimum Gasteiger partial charge on any atom is -0.335 e. The van der Waals surface area contributed by atoms with Crippen molar-refractivity contribution < 1.29 is 0 Å². The first-order chi connectivity index (χ1) is 38.5. The van der Waals surface area contributed by atoms with Gasteiger partial charge in [0.1, 0.15) is 0 Å². The average Bonchev–Trinajstić information content (AvgIpc) is 4.02. The summed E-state index contributed by atoms with van der Waals surface area (Å²) < 4.78 is 0. The minimum atomic E-state index is 0.0119. The zero-order valence-corrected chi connectivity index (χ0v) is 47.1. The topological polar surface area (TPSA) is 9.72 Å². The zero-order valence-electron chi connectivity index (χ0n) is 47.1. The Bertz CT molecular complexity index is 3910. The van der Waals surface area contributed by atoms with Crippen LogP contribution in [0.15, 0.2) is 188 Å². The van der Waals surface area contributed by atoms with Crippen molar-refractivity contribution in [3.8, 4) is 33.4 Å². The van der Waals surface area contributed by atoms with Crippen LogP contribution in [0.5, 0.6) is 0 Å². The maximum atomic E-state index is 2.72. The van der Waals surface area contributed by atoms with Crippen molar-refractivity contribution in [3.05, 3.63) is 205 Å². The summed E-state index contributed by atoms with van der Waals surface area (Å²) in [5.41, 5.74) is 20.6. The van der Waals surface area contributed by atoms with E-state index in [1.54, 1.807) is 0 Å². The van der Waals surface area contributed by atoms with Crippen LogP contribution in [0, 0.1) is 17.8 Å². The fourth-order valence-corrected chi connectivity index (χ4v) is 18.8. The predicted octanol–water partition coefficient (Wildman–Crippen LogP) is 21.0. The zero-order chi connectivity index (χ0) is 53.1. The van der Waals surface area contributed by atoms with Crippen molar-refractivity contribution in [3.63, 3.8) is 0 Å². The van der Waals surface area contributed by atoms with Crippen molar-refractivity contribution in [1.82, 2.24) is 0 Å². The third-order valence-corrected chi connectivity index (χ3v) is 21.8. The van der Waals surface area contributed by atoms with Crippen LogP contribution in [0.2, 0.25) is 0 Å². The molecule has 0 aromatic heterocycles. The second-order valence-corrected chi connectivity index (χ2v) is 26.3. The molecule has 79 heavy (non-hydrogen) atoms. The molecule has 10 aromatic rings. The Morgan fingerprint density at radius 3 is 1.08 bits per heavy atom. The van der Waals surface area contributed by atoms with Crippen LogP contribution in [0.1, 0.15) is 134 Å². The van der Waals surface area contributed by atoms with Crippen molar-refractivity contribution >= 4 is 66.4 Å². The SMILES string of the molecule is CC1CCCC2(C)C1c1cc(-c3ccc4ccc5c(-c6ccc7c(c6)C6C(C)CCCC6(C)N7c6ccccc6)cc(-c6ccc7c(c6)C6C(C)CCCC6(C)N7c6ccccc6)c6ccc3c4c56)ccc1N2c1ccccc1. The van der Waals surface area contributed by atoms with E-state index in [1.807, 2.05) is 0 Å². The number of fused-ring (bicyclic) bond motifs is 9. The molecular formula is C76H73N3. The molecule has 10 aromatic carbocycles. The molecule has 3 aliphatic carbocycles. The molecule has 16 rings (SSSR count).